The Morgan fingerprint density at radius 3 is 2.41 bits per heavy atom. The summed E-state index contributed by atoms with van der Waals surface area (Å²) in [6.45, 7) is 0. The molecule has 1 N–H and O–H groups in total. The predicted octanol–water partition coefficient (Wildman–Crippen LogP) is 2.64. The molecule has 1 atom stereocenters. The van der Waals surface area contributed by atoms with Crippen LogP contribution in [-0.2, 0) is 6.42 Å². The highest BCUT2D eigenvalue weighted by Crippen LogP contribution is 2.19. The molecule has 0 fully saturated rings. The highest BCUT2D eigenvalue weighted by molar-refractivity contribution is 5.21. The van der Waals surface area contributed by atoms with Crippen LogP contribution in [0.2, 0.25) is 0 Å². The van der Waals surface area contributed by atoms with E-state index in [-0.39, 0.29) is 12.0 Å². The molecule has 2 rings (SSSR count). The fourth-order valence-corrected chi connectivity index (χ4v) is 1.60. The SMILES string of the molecule is OC(Cc1ccccn1)c1cc(F)cc(F)c1. The molecule has 2 nitrogen and oxygen atoms in total. The van der Waals surface area contributed by atoms with Crippen LogP contribution < -0.4 is 0 Å². The Bertz CT molecular complexity index is 482. The average molecular weight is 235 g/mol. The molecule has 88 valence electrons. The summed E-state index contributed by atoms with van der Waals surface area (Å²) in [5, 5.41) is 9.85. The summed E-state index contributed by atoms with van der Waals surface area (Å²) in [7, 11) is 0. The Hall–Kier alpha value is -1.81. The summed E-state index contributed by atoms with van der Waals surface area (Å²) >= 11 is 0. The van der Waals surface area contributed by atoms with Crippen LogP contribution in [0.3, 0.4) is 0 Å². The molecule has 0 aliphatic carbocycles. The second-order valence-electron chi connectivity index (χ2n) is 3.74. The van der Waals surface area contributed by atoms with Gasteiger partial charge in [-0.25, -0.2) is 8.78 Å². The smallest absolute Gasteiger partial charge is 0.126 e. The van der Waals surface area contributed by atoms with E-state index in [1.54, 1.807) is 24.4 Å². The summed E-state index contributed by atoms with van der Waals surface area (Å²) in [6, 6.07) is 8.32. The molecule has 0 aliphatic heterocycles. The highest BCUT2D eigenvalue weighted by Gasteiger charge is 2.11. The van der Waals surface area contributed by atoms with Gasteiger partial charge in [0, 0.05) is 24.4 Å². The van der Waals surface area contributed by atoms with Crippen molar-refractivity contribution in [1.82, 2.24) is 4.98 Å². The fourth-order valence-electron chi connectivity index (χ4n) is 1.60. The van der Waals surface area contributed by atoms with Gasteiger partial charge in [-0.15, -0.1) is 0 Å². The number of halogens is 2. The number of pyridine rings is 1. The van der Waals surface area contributed by atoms with E-state index >= 15 is 0 Å². The van der Waals surface area contributed by atoms with Crippen molar-refractivity contribution in [2.45, 2.75) is 12.5 Å². The third-order valence-corrected chi connectivity index (χ3v) is 2.40. The molecule has 4 heteroatoms. The van der Waals surface area contributed by atoms with E-state index < -0.39 is 17.7 Å². The van der Waals surface area contributed by atoms with E-state index in [0.717, 1.165) is 18.2 Å². The number of nitrogens with zero attached hydrogens (tertiary/aromatic N) is 1. The van der Waals surface area contributed by atoms with Crippen molar-refractivity contribution in [2.75, 3.05) is 0 Å². The lowest BCUT2D eigenvalue weighted by Crippen LogP contribution is -2.04. The van der Waals surface area contributed by atoms with Gasteiger partial charge in [0.2, 0.25) is 0 Å². The monoisotopic (exact) mass is 235 g/mol. The molecular weight excluding hydrogens is 224 g/mol. The largest absolute Gasteiger partial charge is 0.388 e. The van der Waals surface area contributed by atoms with Crippen LogP contribution in [0.4, 0.5) is 8.78 Å². The van der Waals surface area contributed by atoms with Gasteiger partial charge in [-0.1, -0.05) is 6.07 Å². The van der Waals surface area contributed by atoms with Gasteiger partial charge in [0.05, 0.1) is 6.10 Å². The number of hydrogen-bond acceptors (Lipinski definition) is 2. The molecule has 1 aromatic carbocycles. The van der Waals surface area contributed by atoms with Crippen molar-refractivity contribution in [1.29, 1.82) is 0 Å². The Kier molecular flexibility index (Phi) is 3.44. The molecule has 1 heterocycles. The van der Waals surface area contributed by atoms with E-state index in [1.807, 2.05) is 0 Å². The van der Waals surface area contributed by atoms with Gasteiger partial charge in [0.15, 0.2) is 0 Å². The third kappa shape index (κ3) is 3.07. The molecule has 0 spiro atoms. The van der Waals surface area contributed by atoms with Crippen molar-refractivity contribution in [2.24, 2.45) is 0 Å². The van der Waals surface area contributed by atoms with Crippen molar-refractivity contribution in [3.8, 4) is 0 Å². The van der Waals surface area contributed by atoms with Gasteiger partial charge in [-0.05, 0) is 29.8 Å². The van der Waals surface area contributed by atoms with Crippen molar-refractivity contribution in [3.05, 3.63) is 65.5 Å². The Morgan fingerprint density at radius 2 is 1.82 bits per heavy atom. The van der Waals surface area contributed by atoms with Crippen LogP contribution >= 0.6 is 0 Å². The first-order chi connectivity index (χ1) is 8.15. The summed E-state index contributed by atoms with van der Waals surface area (Å²) in [5.41, 5.74) is 0.887. The third-order valence-electron chi connectivity index (χ3n) is 2.40. The number of aromatic nitrogens is 1. The van der Waals surface area contributed by atoms with Crippen LogP contribution in [0, 0.1) is 11.6 Å². The Morgan fingerprint density at radius 1 is 1.12 bits per heavy atom. The van der Waals surface area contributed by atoms with E-state index in [4.69, 9.17) is 0 Å². The molecule has 0 radical (unpaired) electrons. The van der Waals surface area contributed by atoms with Crippen molar-refractivity contribution >= 4 is 0 Å². The molecule has 0 amide bonds. The lowest BCUT2D eigenvalue weighted by Gasteiger charge is -2.10. The molecule has 0 saturated heterocycles. The summed E-state index contributed by atoms with van der Waals surface area (Å²) < 4.78 is 25.9. The first-order valence-electron chi connectivity index (χ1n) is 5.19. The van der Waals surface area contributed by atoms with Crippen LogP contribution in [-0.4, -0.2) is 10.1 Å². The van der Waals surface area contributed by atoms with Crippen LogP contribution in [0.15, 0.2) is 42.6 Å². The number of aliphatic hydroxyl groups is 1. The van der Waals surface area contributed by atoms with E-state index in [0.29, 0.717) is 5.69 Å². The van der Waals surface area contributed by atoms with Gasteiger partial charge >= 0.3 is 0 Å². The molecule has 2 aromatic rings. The van der Waals surface area contributed by atoms with E-state index in [1.165, 1.54) is 0 Å². The minimum absolute atomic E-state index is 0.216. The molecule has 1 aromatic heterocycles. The summed E-state index contributed by atoms with van der Waals surface area (Å²) in [5.74, 6) is -1.39. The average Bonchev–Trinajstić information content (AvgIpc) is 2.29. The molecule has 0 saturated carbocycles. The standard InChI is InChI=1S/C13H11F2NO/c14-10-5-9(6-11(15)7-10)13(17)8-12-3-1-2-4-16-12/h1-7,13,17H,8H2. The first-order valence-corrected chi connectivity index (χ1v) is 5.19. The maximum Gasteiger partial charge on any atom is 0.126 e. The first kappa shape index (κ1) is 11.7. The lowest BCUT2D eigenvalue weighted by atomic mass is 10.0. The van der Waals surface area contributed by atoms with Crippen LogP contribution in [0.1, 0.15) is 17.4 Å². The normalized spacial score (nSPS) is 12.4. The maximum atomic E-state index is 13.0. The fraction of sp³-hybridized carbons (Fsp3) is 0.154. The lowest BCUT2D eigenvalue weighted by molar-refractivity contribution is 0.176. The minimum atomic E-state index is -0.963. The van der Waals surface area contributed by atoms with Gasteiger partial charge in [0.25, 0.3) is 0 Å². The highest BCUT2D eigenvalue weighted by atomic mass is 19.1. The molecule has 1 unspecified atom stereocenters. The second kappa shape index (κ2) is 5.01. The number of rotatable bonds is 3. The zero-order chi connectivity index (χ0) is 12.3. The summed E-state index contributed by atoms with van der Waals surface area (Å²) in [4.78, 5) is 4.04. The topological polar surface area (TPSA) is 33.1 Å². The van der Waals surface area contributed by atoms with Crippen molar-refractivity contribution in [3.63, 3.8) is 0 Å². The molecular formula is C13H11F2NO. The second-order valence-corrected chi connectivity index (χ2v) is 3.74. The Balaban J connectivity index is 2.17. The maximum absolute atomic E-state index is 13.0. The van der Waals surface area contributed by atoms with E-state index in [2.05, 4.69) is 4.98 Å². The van der Waals surface area contributed by atoms with Crippen LogP contribution in [0.5, 0.6) is 0 Å². The zero-order valence-corrected chi connectivity index (χ0v) is 8.98. The minimum Gasteiger partial charge on any atom is -0.388 e. The van der Waals surface area contributed by atoms with Gasteiger partial charge in [-0.3, -0.25) is 4.98 Å². The predicted molar refractivity (Wildman–Crippen MR) is 59.3 cm³/mol. The van der Waals surface area contributed by atoms with Gasteiger partial charge in [-0.2, -0.15) is 0 Å². The Labute approximate surface area is 97.6 Å². The van der Waals surface area contributed by atoms with Crippen molar-refractivity contribution < 1.29 is 13.9 Å². The van der Waals surface area contributed by atoms with E-state index in [9.17, 15) is 13.9 Å². The zero-order valence-electron chi connectivity index (χ0n) is 8.98. The number of aliphatic hydroxyl groups excluding tert-OH is 1. The van der Waals surface area contributed by atoms with Crippen LogP contribution in [0.25, 0.3) is 0 Å². The molecule has 0 bridgehead atoms. The van der Waals surface area contributed by atoms with Gasteiger partial charge in [0.1, 0.15) is 11.6 Å². The summed E-state index contributed by atoms with van der Waals surface area (Å²) in [6.07, 6.45) is 0.868. The van der Waals surface area contributed by atoms with Gasteiger partial charge < -0.3 is 5.11 Å². The number of hydrogen-bond donors (Lipinski definition) is 1. The number of benzene rings is 1. The molecule has 17 heavy (non-hydrogen) atoms. The molecule has 0 aliphatic rings. The quantitative estimate of drug-likeness (QED) is 0.887.